The molecule has 26 heavy (non-hydrogen) atoms. The van der Waals surface area contributed by atoms with Crippen molar-refractivity contribution < 1.29 is 9.32 Å². The van der Waals surface area contributed by atoms with E-state index < -0.39 is 0 Å². The van der Waals surface area contributed by atoms with E-state index >= 15 is 0 Å². The standard InChI is InChI=1S/C19H22N4O2S/c1-6-15-21-16(25-22-15)10-23(5)19(24)17-13(4)20-18(26-17)14-8-7-11(2)9-12(14)3/h7-9H,6,10H2,1-5H3. The quantitative estimate of drug-likeness (QED) is 0.680. The minimum atomic E-state index is -0.0905. The molecule has 0 aliphatic rings. The second-order valence-corrected chi connectivity index (χ2v) is 7.37. The summed E-state index contributed by atoms with van der Waals surface area (Å²) in [5.41, 5.74) is 4.17. The number of carbonyl (C=O) groups is 1. The smallest absolute Gasteiger partial charge is 0.266 e. The third-order valence-electron chi connectivity index (χ3n) is 4.15. The molecule has 0 N–H and O–H groups in total. The highest BCUT2D eigenvalue weighted by molar-refractivity contribution is 7.17. The van der Waals surface area contributed by atoms with Gasteiger partial charge in [0.25, 0.3) is 5.91 Å². The molecule has 0 atom stereocenters. The summed E-state index contributed by atoms with van der Waals surface area (Å²) in [6.07, 6.45) is 0.703. The van der Waals surface area contributed by atoms with Crippen LogP contribution in [0.5, 0.6) is 0 Å². The van der Waals surface area contributed by atoms with Gasteiger partial charge in [-0.15, -0.1) is 11.3 Å². The van der Waals surface area contributed by atoms with Gasteiger partial charge in [0.05, 0.1) is 5.69 Å². The number of aryl methyl sites for hydroxylation is 4. The molecule has 0 spiro atoms. The van der Waals surface area contributed by atoms with Crippen molar-refractivity contribution in [3.05, 3.63) is 51.6 Å². The molecule has 0 radical (unpaired) electrons. The molecule has 0 saturated carbocycles. The lowest BCUT2D eigenvalue weighted by Gasteiger charge is -2.13. The molecule has 0 aliphatic heterocycles. The van der Waals surface area contributed by atoms with Gasteiger partial charge in [-0.25, -0.2) is 4.98 Å². The molecule has 7 heteroatoms. The van der Waals surface area contributed by atoms with Crippen molar-refractivity contribution in [2.75, 3.05) is 7.05 Å². The van der Waals surface area contributed by atoms with Crippen LogP contribution in [0.25, 0.3) is 10.6 Å². The summed E-state index contributed by atoms with van der Waals surface area (Å²) in [5, 5.41) is 4.73. The van der Waals surface area contributed by atoms with Crippen LogP contribution >= 0.6 is 11.3 Å². The zero-order valence-electron chi connectivity index (χ0n) is 15.7. The first-order valence-electron chi connectivity index (χ1n) is 8.51. The van der Waals surface area contributed by atoms with E-state index in [4.69, 9.17) is 4.52 Å². The highest BCUT2D eigenvalue weighted by atomic mass is 32.1. The SMILES string of the molecule is CCc1noc(CN(C)C(=O)c2sc(-c3ccc(C)cc3C)nc2C)n1. The Kier molecular flexibility index (Phi) is 5.18. The lowest BCUT2D eigenvalue weighted by Crippen LogP contribution is -2.26. The van der Waals surface area contributed by atoms with Crippen molar-refractivity contribution in [1.82, 2.24) is 20.0 Å². The van der Waals surface area contributed by atoms with Gasteiger partial charge in [0, 0.05) is 19.0 Å². The molecule has 3 rings (SSSR count). The Bertz CT molecular complexity index is 945. The number of aromatic nitrogens is 3. The highest BCUT2D eigenvalue weighted by Gasteiger charge is 2.21. The van der Waals surface area contributed by atoms with Gasteiger partial charge in [-0.05, 0) is 26.3 Å². The van der Waals surface area contributed by atoms with Gasteiger partial charge >= 0.3 is 0 Å². The molecule has 0 unspecified atom stereocenters. The van der Waals surface area contributed by atoms with Crippen LogP contribution in [0.4, 0.5) is 0 Å². The summed E-state index contributed by atoms with van der Waals surface area (Å²) >= 11 is 1.42. The Morgan fingerprint density at radius 2 is 2.00 bits per heavy atom. The van der Waals surface area contributed by atoms with E-state index in [-0.39, 0.29) is 12.5 Å². The summed E-state index contributed by atoms with van der Waals surface area (Å²) in [6, 6.07) is 6.25. The van der Waals surface area contributed by atoms with Gasteiger partial charge < -0.3 is 9.42 Å². The number of hydrogen-bond donors (Lipinski definition) is 0. The van der Waals surface area contributed by atoms with Crippen LogP contribution < -0.4 is 0 Å². The van der Waals surface area contributed by atoms with Gasteiger partial charge in [0.1, 0.15) is 16.4 Å². The van der Waals surface area contributed by atoms with Crippen molar-refractivity contribution in [3.8, 4) is 10.6 Å². The van der Waals surface area contributed by atoms with Crippen LogP contribution in [0.15, 0.2) is 22.7 Å². The number of benzene rings is 1. The maximum absolute atomic E-state index is 12.8. The topological polar surface area (TPSA) is 72.1 Å². The van der Waals surface area contributed by atoms with Crippen molar-refractivity contribution in [3.63, 3.8) is 0 Å². The number of carbonyl (C=O) groups excluding carboxylic acids is 1. The Labute approximate surface area is 156 Å². The molecular formula is C19H22N4O2S. The van der Waals surface area contributed by atoms with E-state index in [1.165, 1.54) is 16.9 Å². The molecule has 0 saturated heterocycles. The second kappa shape index (κ2) is 7.37. The number of amides is 1. The number of rotatable bonds is 5. The maximum Gasteiger partial charge on any atom is 0.266 e. The van der Waals surface area contributed by atoms with Gasteiger partial charge in [0.2, 0.25) is 5.89 Å². The fraction of sp³-hybridized carbons (Fsp3) is 0.368. The molecule has 2 aromatic heterocycles. The predicted octanol–water partition coefficient (Wildman–Crippen LogP) is 3.95. The van der Waals surface area contributed by atoms with Crippen LogP contribution in [0, 0.1) is 20.8 Å². The molecule has 1 aromatic carbocycles. The fourth-order valence-corrected chi connectivity index (χ4v) is 3.86. The molecule has 0 fully saturated rings. The maximum atomic E-state index is 12.8. The molecule has 6 nitrogen and oxygen atoms in total. The van der Waals surface area contributed by atoms with Crippen molar-refractivity contribution in [2.45, 2.75) is 40.7 Å². The van der Waals surface area contributed by atoms with Crippen molar-refractivity contribution in [2.24, 2.45) is 0 Å². The molecule has 0 aliphatic carbocycles. The zero-order chi connectivity index (χ0) is 18.8. The van der Waals surface area contributed by atoms with E-state index in [0.29, 0.717) is 23.0 Å². The second-order valence-electron chi connectivity index (χ2n) is 6.37. The summed E-state index contributed by atoms with van der Waals surface area (Å²) in [4.78, 5) is 23.9. The first-order valence-corrected chi connectivity index (χ1v) is 9.32. The van der Waals surface area contributed by atoms with Crippen molar-refractivity contribution >= 4 is 17.2 Å². The minimum Gasteiger partial charge on any atom is -0.337 e. The Hall–Kier alpha value is -2.54. The monoisotopic (exact) mass is 370 g/mol. The summed E-state index contributed by atoms with van der Waals surface area (Å²) < 4.78 is 5.18. The Morgan fingerprint density at radius 3 is 2.65 bits per heavy atom. The van der Waals surface area contributed by atoms with E-state index in [0.717, 1.165) is 21.8 Å². The van der Waals surface area contributed by atoms with Gasteiger partial charge in [0.15, 0.2) is 5.82 Å². The zero-order valence-corrected chi connectivity index (χ0v) is 16.5. The largest absolute Gasteiger partial charge is 0.337 e. The normalized spacial score (nSPS) is 11.0. The molecular weight excluding hydrogens is 348 g/mol. The Balaban J connectivity index is 1.82. The van der Waals surface area contributed by atoms with Crippen LogP contribution in [0.2, 0.25) is 0 Å². The van der Waals surface area contributed by atoms with E-state index in [9.17, 15) is 4.79 Å². The minimum absolute atomic E-state index is 0.0905. The lowest BCUT2D eigenvalue weighted by molar-refractivity contribution is 0.0773. The van der Waals surface area contributed by atoms with Gasteiger partial charge in [-0.2, -0.15) is 4.98 Å². The van der Waals surface area contributed by atoms with Crippen LogP contribution in [0.1, 0.15) is 45.1 Å². The third-order valence-corrected chi connectivity index (χ3v) is 5.33. The van der Waals surface area contributed by atoms with Gasteiger partial charge in [-0.3, -0.25) is 4.79 Å². The van der Waals surface area contributed by atoms with E-state index in [2.05, 4.69) is 47.2 Å². The summed E-state index contributed by atoms with van der Waals surface area (Å²) in [6.45, 7) is 8.23. The van der Waals surface area contributed by atoms with Crippen molar-refractivity contribution in [1.29, 1.82) is 0 Å². The van der Waals surface area contributed by atoms with E-state index in [1.807, 2.05) is 13.8 Å². The molecule has 1 amide bonds. The molecule has 0 bridgehead atoms. The number of thiazole rings is 1. The number of nitrogens with zero attached hydrogens (tertiary/aromatic N) is 4. The molecule has 136 valence electrons. The Morgan fingerprint density at radius 1 is 1.23 bits per heavy atom. The van der Waals surface area contributed by atoms with Crippen LogP contribution in [0.3, 0.4) is 0 Å². The van der Waals surface area contributed by atoms with Crippen LogP contribution in [-0.2, 0) is 13.0 Å². The first kappa shape index (κ1) is 18.3. The summed E-state index contributed by atoms with van der Waals surface area (Å²) in [7, 11) is 1.73. The molecule has 2 heterocycles. The van der Waals surface area contributed by atoms with Crippen LogP contribution in [-0.4, -0.2) is 33.0 Å². The average Bonchev–Trinajstić information content (AvgIpc) is 3.20. The highest BCUT2D eigenvalue weighted by Crippen LogP contribution is 2.31. The average molecular weight is 370 g/mol. The van der Waals surface area contributed by atoms with E-state index in [1.54, 1.807) is 11.9 Å². The molecule has 3 aromatic rings. The predicted molar refractivity (Wildman–Crippen MR) is 101 cm³/mol. The first-order chi connectivity index (χ1) is 12.4. The van der Waals surface area contributed by atoms with Gasteiger partial charge in [-0.1, -0.05) is 35.8 Å². The summed E-state index contributed by atoms with van der Waals surface area (Å²) in [5.74, 6) is 0.994. The third kappa shape index (κ3) is 3.67. The fourth-order valence-electron chi connectivity index (χ4n) is 2.71. The number of hydrogen-bond acceptors (Lipinski definition) is 6. The lowest BCUT2D eigenvalue weighted by atomic mass is 10.1.